The zero-order valence-electron chi connectivity index (χ0n) is 27.7. The maximum atomic E-state index is 12.4. The molecule has 0 spiro atoms. The first-order valence-electron chi connectivity index (χ1n) is 15.2. The lowest BCUT2D eigenvalue weighted by Crippen LogP contribution is -2.43. The van der Waals surface area contributed by atoms with Gasteiger partial charge in [-0.05, 0) is 99.1 Å². The average Bonchev–Trinajstić information content (AvgIpc) is 2.82. The molecule has 0 aliphatic rings. The molecule has 0 saturated heterocycles. The van der Waals surface area contributed by atoms with Crippen molar-refractivity contribution in [2.45, 2.75) is 123 Å². The number of benzene rings is 1. The monoisotopic (exact) mass is 592 g/mol. The second kappa shape index (κ2) is 16.8. The van der Waals surface area contributed by atoms with Crippen LogP contribution in [-0.2, 0) is 25.4 Å². The fourth-order valence-corrected chi connectivity index (χ4v) is 4.50. The Morgan fingerprint density at radius 1 is 0.929 bits per heavy atom. The van der Waals surface area contributed by atoms with E-state index in [0.29, 0.717) is 82.6 Å². The van der Waals surface area contributed by atoms with Crippen LogP contribution in [0.4, 0.5) is 0 Å². The summed E-state index contributed by atoms with van der Waals surface area (Å²) in [5.74, 6) is -0.0580. The number of hydrogen-bond donors (Lipinski definition) is 3. The molecular weight excluding hydrogens is 534 g/mol. The summed E-state index contributed by atoms with van der Waals surface area (Å²) >= 11 is 0. The van der Waals surface area contributed by atoms with E-state index in [4.69, 9.17) is 14.2 Å². The van der Waals surface area contributed by atoms with Crippen LogP contribution in [0.25, 0.3) is 0 Å². The number of carbonyl (C=O) groups excluding carboxylic acids is 2. The van der Waals surface area contributed by atoms with E-state index in [1.807, 2.05) is 45.9 Å². The van der Waals surface area contributed by atoms with Crippen molar-refractivity contribution in [3.8, 4) is 0 Å². The lowest BCUT2D eigenvalue weighted by Gasteiger charge is -2.39. The van der Waals surface area contributed by atoms with Crippen molar-refractivity contribution in [3.63, 3.8) is 0 Å². The number of aryl methyl sites for hydroxylation is 1. The highest BCUT2D eigenvalue weighted by Crippen LogP contribution is 2.32. The molecule has 240 valence electrons. The van der Waals surface area contributed by atoms with Gasteiger partial charge < -0.3 is 29.7 Å². The lowest BCUT2D eigenvalue weighted by atomic mass is 9.82. The maximum Gasteiger partial charge on any atom is 0.220 e. The van der Waals surface area contributed by atoms with Crippen LogP contribution in [-0.4, -0.2) is 77.3 Å². The number of amides is 1. The highest BCUT2D eigenvalue weighted by atomic mass is 16.5. The maximum absolute atomic E-state index is 12.4. The number of aliphatic hydroxyl groups is 2. The number of nitrogens with one attached hydrogen (secondary N) is 1. The number of Topliss-reactive ketones (excluding diaryl/α,β-unsaturated/α-hetero) is 1. The van der Waals surface area contributed by atoms with Gasteiger partial charge in [0.05, 0.1) is 42.2 Å². The number of carbonyl (C=O) groups is 2. The minimum absolute atomic E-state index is 0.00985. The standard InChI is InChI=1S/C34H57NO7/c1-25-12-13-27(22-29(25)26(2)36)14-15-30(37)35-18-11-19-40-24-28(34(9,10)42-21-17-32(5,6)39)23-33(7,8)41-20-16-31(3,4)38/h12-13,22,28,38-39H,1,11,14-21,23-24H2,2-10H3/p+1. The van der Waals surface area contributed by atoms with Gasteiger partial charge in [0.2, 0.25) is 11.7 Å². The van der Waals surface area contributed by atoms with Crippen LogP contribution in [0.1, 0.15) is 116 Å². The van der Waals surface area contributed by atoms with Gasteiger partial charge in [-0.15, -0.1) is 0 Å². The Labute approximate surface area is 254 Å². The first-order chi connectivity index (χ1) is 19.2. The van der Waals surface area contributed by atoms with Gasteiger partial charge in [-0.1, -0.05) is 0 Å². The molecule has 0 heterocycles. The van der Waals surface area contributed by atoms with Crippen molar-refractivity contribution >= 4 is 11.7 Å². The average molecular weight is 593 g/mol. The molecule has 0 bridgehead atoms. The zero-order valence-corrected chi connectivity index (χ0v) is 27.7. The summed E-state index contributed by atoms with van der Waals surface area (Å²) in [7, 11) is 0. The summed E-state index contributed by atoms with van der Waals surface area (Å²) in [6, 6.07) is 5.54. The molecule has 8 heteroatoms. The van der Waals surface area contributed by atoms with Gasteiger partial charge in [0, 0.05) is 51.5 Å². The highest BCUT2D eigenvalue weighted by Gasteiger charge is 2.36. The molecule has 0 saturated carbocycles. The molecule has 1 aromatic rings. The Kier molecular flexibility index (Phi) is 15.2. The van der Waals surface area contributed by atoms with Crippen molar-refractivity contribution in [2.24, 2.45) is 5.92 Å². The van der Waals surface area contributed by atoms with Gasteiger partial charge in [-0.2, -0.15) is 0 Å². The highest BCUT2D eigenvalue weighted by molar-refractivity contribution is 5.96. The van der Waals surface area contributed by atoms with Crippen LogP contribution in [0, 0.1) is 12.8 Å². The Morgan fingerprint density at radius 3 is 2.10 bits per heavy atom. The summed E-state index contributed by atoms with van der Waals surface area (Å²) in [4.78, 5) is 24.1. The molecular formula is C34H58NO7+. The summed E-state index contributed by atoms with van der Waals surface area (Å²) in [6.07, 6.45) is 3.32. The molecule has 3 N–H and O–H groups in total. The third-order valence-electron chi connectivity index (χ3n) is 7.42. The molecule has 8 nitrogen and oxygen atoms in total. The molecule has 1 unspecified atom stereocenters. The second-order valence-corrected chi connectivity index (χ2v) is 13.9. The van der Waals surface area contributed by atoms with Gasteiger partial charge in [-0.25, -0.2) is 0 Å². The molecule has 0 fully saturated rings. The summed E-state index contributed by atoms with van der Waals surface area (Å²) in [5.41, 5.74) is -0.335. The van der Waals surface area contributed by atoms with Crippen molar-refractivity contribution in [3.05, 3.63) is 41.8 Å². The SMILES string of the molecule is [CH2+]c1ccc(CCC(=O)NCCCOCC(CC(C)(C)OCCC(C)(C)O)C(C)(C)OCCC(C)(C)O)cc1C(C)=O. The van der Waals surface area contributed by atoms with Crippen LogP contribution < -0.4 is 5.32 Å². The number of rotatable bonds is 21. The number of ketones is 1. The van der Waals surface area contributed by atoms with Crippen molar-refractivity contribution in [2.75, 3.05) is 33.0 Å². The molecule has 0 aliphatic carbocycles. The molecule has 0 aromatic heterocycles. The zero-order chi connectivity index (χ0) is 32.2. The van der Waals surface area contributed by atoms with Crippen LogP contribution in [0.15, 0.2) is 18.2 Å². The molecule has 42 heavy (non-hydrogen) atoms. The number of hydrogen-bond acceptors (Lipinski definition) is 7. The summed E-state index contributed by atoms with van der Waals surface area (Å²) in [6.45, 7) is 23.0. The van der Waals surface area contributed by atoms with E-state index < -0.39 is 22.4 Å². The smallest absolute Gasteiger partial charge is 0.220 e. The second-order valence-electron chi connectivity index (χ2n) is 13.9. The van der Waals surface area contributed by atoms with Crippen molar-refractivity contribution in [1.29, 1.82) is 0 Å². The third kappa shape index (κ3) is 16.6. The minimum Gasteiger partial charge on any atom is -0.390 e. The van der Waals surface area contributed by atoms with Crippen LogP contribution in [0.5, 0.6) is 0 Å². The largest absolute Gasteiger partial charge is 0.390 e. The van der Waals surface area contributed by atoms with E-state index in [-0.39, 0.29) is 17.6 Å². The van der Waals surface area contributed by atoms with Crippen LogP contribution >= 0.6 is 0 Å². The Morgan fingerprint density at radius 2 is 1.52 bits per heavy atom. The topological polar surface area (TPSA) is 114 Å². The van der Waals surface area contributed by atoms with E-state index in [1.165, 1.54) is 6.92 Å². The third-order valence-corrected chi connectivity index (χ3v) is 7.42. The minimum atomic E-state index is -0.804. The molecule has 1 rings (SSSR count). The van der Waals surface area contributed by atoms with Gasteiger partial charge in [0.1, 0.15) is 11.1 Å². The molecule has 1 amide bonds. The van der Waals surface area contributed by atoms with Gasteiger partial charge >= 0.3 is 0 Å². The predicted octanol–water partition coefficient (Wildman–Crippen LogP) is 5.45. The van der Waals surface area contributed by atoms with E-state index in [2.05, 4.69) is 12.2 Å². The first-order valence-corrected chi connectivity index (χ1v) is 15.2. The van der Waals surface area contributed by atoms with Crippen LogP contribution in [0.3, 0.4) is 0 Å². The first kappa shape index (κ1) is 38.1. The van der Waals surface area contributed by atoms with E-state index in [9.17, 15) is 19.8 Å². The van der Waals surface area contributed by atoms with Crippen molar-refractivity contribution < 1.29 is 34.0 Å². The molecule has 1 atom stereocenters. The number of ether oxygens (including phenoxy) is 3. The fourth-order valence-electron chi connectivity index (χ4n) is 4.50. The van der Waals surface area contributed by atoms with E-state index >= 15 is 0 Å². The Bertz CT molecular complexity index is 973. The van der Waals surface area contributed by atoms with E-state index in [1.54, 1.807) is 27.7 Å². The Balaban J connectivity index is 2.58. The van der Waals surface area contributed by atoms with Gasteiger partial charge in [0.15, 0.2) is 0 Å². The summed E-state index contributed by atoms with van der Waals surface area (Å²) in [5, 5.41) is 23.1. The molecule has 0 aliphatic heterocycles. The Hall–Kier alpha value is -1.97. The van der Waals surface area contributed by atoms with E-state index in [0.717, 1.165) is 5.56 Å². The van der Waals surface area contributed by atoms with Crippen molar-refractivity contribution in [1.82, 2.24) is 5.32 Å². The molecule has 1 aromatic carbocycles. The van der Waals surface area contributed by atoms with Gasteiger partial charge in [-0.3, -0.25) is 9.59 Å². The molecule has 0 radical (unpaired) electrons. The predicted molar refractivity (Wildman–Crippen MR) is 168 cm³/mol. The van der Waals surface area contributed by atoms with Crippen LogP contribution in [0.2, 0.25) is 0 Å². The summed E-state index contributed by atoms with van der Waals surface area (Å²) < 4.78 is 18.5. The van der Waals surface area contributed by atoms with Gasteiger partial charge in [0.25, 0.3) is 0 Å². The lowest BCUT2D eigenvalue weighted by molar-refractivity contribution is -0.127. The quantitative estimate of drug-likeness (QED) is 0.0989. The fraction of sp³-hybridized carbons (Fsp3) is 0.735. The normalized spacial score (nSPS) is 13.7.